The fraction of sp³-hybridized carbons (Fsp3) is 0.429. The van der Waals surface area contributed by atoms with Crippen LogP contribution in [-0.2, 0) is 11.3 Å². The first-order valence-corrected chi connectivity index (χ1v) is 9.12. The van der Waals surface area contributed by atoms with Crippen LogP contribution in [0.3, 0.4) is 0 Å². The van der Waals surface area contributed by atoms with Gasteiger partial charge in [-0.1, -0.05) is 38.1 Å². The van der Waals surface area contributed by atoms with E-state index in [4.69, 9.17) is 5.73 Å². The molecule has 140 valence electrons. The van der Waals surface area contributed by atoms with Gasteiger partial charge in [0.2, 0.25) is 5.91 Å². The minimum absolute atomic E-state index is 0.0219. The number of carbonyl (C=O) groups excluding carboxylic acids is 1. The van der Waals surface area contributed by atoms with E-state index in [9.17, 15) is 4.79 Å². The van der Waals surface area contributed by atoms with E-state index in [1.54, 1.807) is 6.20 Å². The standard InChI is InChI=1S/C21H30N4O/c1-17(2)12-21(3,16-22)24-20(26)15-25(19-9-5-4-6-10-19)14-18-8-7-11-23-13-18/h4-11,13,17H,12,14-16,22H2,1-3H3,(H,24,26). The molecule has 3 N–H and O–H groups in total. The van der Waals surface area contributed by atoms with Crippen LogP contribution in [0.4, 0.5) is 5.69 Å². The van der Waals surface area contributed by atoms with Gasteiger partial charge in [-0.25, -0.2) is 0 Å². The second-order valence-corrected chi connectivity index (χ2v) is 7.46. The van der Waals surface area contributed by atoms with Crippen LogP contribution in [0.15, 0.2) is 54.9 Å². The molecule has 1 heterocycles. The number of nitrogens with one attached hydrogen (secondary N) is 1. The molecular weight excluding hydrogens is 324 g/mol. The molecule has 2 aromatic rings. The highest BCUT2D eigenvalue weighted by atomic mass is 16.2. The summed E-state index contributed by atoms with van der Waals surface area (Å²) in [4.78, 5) is 19.0. The number of anilines is 1. The van der Waals surface area contributed by atoms with Gasteiger partial charge in [-0.15, -0.1) is 0 Å². The summed E-state index contributed by atoms with van der Waals surface area (Å²) in [5.74, 6) is 0.441. The van der Waals surface area contributed by atoms with Gasteiger partial charge in [-0.2, -0.15) is 0 Å². The normalized spacial score (nSPS) is 13.3. The number of carbonyl (C=O) groups is 1. The number of nitrogens with two attached hydrogens (primary N) is 1. The molecule has 2 rings (SSSR count). The van der Waals surface area contributed by atoms with Gasteiger partial charge in [0, 0.05) is 36.7 Å². The average molecular weight is 354 g/mol. The molecule has 1 aromatic heterocycles. The third-order valence-corrected chi connectivity index (χ3v) is 4.30. The van der Waals surface area contributed by atoms with Crippen molar-refractivity contribution in [2.24, 2.45) is 11.7 Å². The van der Waals surface area contributed by atoms with Crippen molar-refractivity contribution in [1.29, 1.82) is 0 Å². The lowest BCUT2D eigenvalue weighted by Crippen LogP contribution is -2.54. The van der Waals surface area contributed by atoms with Crippen LogP contribution in [0.5, 0.6) is 0 Å². The lowest BCUT2D eigenvalue weighted by atomic mass is 9.90. The highest BCUT2D eigenvalue weighted by Gasteiger charge is 2.26. The van der Waals surface area contributed by atoms with Crippen molar-refractivity contribution >= 4 is 11.6 Å². The van der Waals surface area contributed by atoms with E-state index in [0.29, 0.717) is 19.0 Å². The van der Waals surface area contributed by atoms with E-state index in [1.807, 2.05) is 55.6 Å². The van der Waals surface area contributed by atoms with E-state index in [-0.39, 0.29) is 18.0 Å². The Balaban J connectivity index is 2.12. The first-order valence-electron chi connectivity index (χ1n) is 9.12. The molecule has 0 saturated carbocycles. The van der Waals surface area contributed by atoms with Crippen LogP contribution >= 0.6 is 0 Å². The van der Waals surface area contributed by atoms with E-state index in [2.05, 4.69) is 29.0 Å². The van der Waals surface area contributed by atoms with Crippen molar-refractivity contribution < 1.29 is 4.79 Å². The second-order valence-electron chi connectivity index (χ2n) is 7.46. The Labute approximate surface area is 156 Å². The van der Waals surface area contributed by atoms with Crippen LogP contribution in [0, 0.1) is 5.92 Å². The number of aromatic nitrogens is 1. The molecule has 5 nitrogen and oxygen atoms in total. The molecule has 1 atom stereocenters. The second kappa shape index (κ2) is 9.34. The molecule has 0 aliphatic heterocycles. The lowest BCUT2D eigenvalue weighted by molar-refractivity contribution is -0.121. The van der Waals surface area contributed by atoms with E-state index >= 15 is 0 Å². The maximum Gasteiger partial charge on any atom is 0.239 e. The maximum atomic E-state index is 12.7. The van der Waals surface area contributed by atoms with Crippen molar-refractivity contribution in [3.05, 3.63) is 60.4 Å². The molecule has 1 aromatic carbocycles. The lowest BCUT2D eigenvalue weighted by Gasteiger charge is -2.33. The van der Waals surface area contributed by atoms with Gasteiger partial charge in [-0.05, 0) is 43.0 Å². The maximum absolute atomic E-state index is 12.7. The van der Waals surface area contributed by atoms with Gasteiger partial charge >= 0.3 is 0 Å². The van der Waals surface area contributed by atoms with Crippen LogP contribution in [0.25, 0.3) is 0 Å². The fourth-order valence-corrected chi connectivity index (χ4v) is 3.23. The number of hydrogen-bond acceptors (Lipinski definition) is 4. The number of nitrogens with zero attached hydrogens (tertiary/aromatic N) is 2. The molecule has 0 fully saturated rings. The molecule has 1 amide bonds. The van der Waals surface area contributed by atoms with Crippen LogP contribution in [0.2, 0.25) is 0 Å². The topological polar surface area (TPSA) is 71.2 Å². The van der Waals surface area contributed by atoms with Crippen molar-refractivity contribution in [1.82, 2.24) is 10.3 Å². The molecular formula is C21H30N4O. The third-order valence-electron chi connectivity index (χ3n) is 4.30. The summed E-state index contributed by atoms with van der Waals surface area (Å²) in [6.45, 7) is 7.60. The summed E-state index contributed by atoms with van der Waals surface area (Å²) >= 11 is 0. The summed E-state index contributed by atoms with van der Waals surface area (Å²) in [5.41, 5.74) is 7.61. The Morgan fingerprint density at radius 1 is 1.23 bits per heavy atom. The number of amides is 1. The van der Waals surface area contributed by atoms with Gasteiger partial charge < -0.3 is 16.0 Å². The zero-order valence-corrected chi connectivity index (χ0v) is 16.0. The quantitative estimate of drug-likeness (QED) is 0.726. The summed E-state index contributed by atoms with van der Waals surface area (Å²) in [7, 11) is 0. The van der Waals surface area contributed by atoms with Crippen molar-refractivity contribution in [3.8, 4) is 0 Å². The van der Waals surface area contributed by atoms with Gasteiger partial charge in [-0.3, -0.25) is 9.78 Å². The number of pyridine rings is 1. The van der Waals surface area contributed by atoms with Crippen molar-refractivity contribution in [3.63, 3.8) is 0 Å². The predicted octanol–water partition coefficient (Wildman–Crippen LogP) is 2.97. The summed E-state index contributed by atoms with van der Waals surface area (Å²) in [6, 6.07) is 13.9. The third kappa shape index (κ3) is 6.15. The number of hydrogen-bond donors (Lipinski definition) is 2. The number of benzene rings is 1. The monoisotopic (exact) mass is 354 g/mol. The molecule has 5 heteroatoms. The summed E-state index contributed by atoms with van der Waals surface area (Å²) in [6.07, 6.45) is 4.43. The Bertz CT molecular complexity index is 675. The smallest absolute Gasteiger partial charge is 0.239 e. The molecule has 0 spiro atoms. The summed E-state index contributed by atoms with van der Waals surface area (Å²) in [5, 5.41) is 3.14. The minimum Gasteiger partial charge on any atom is -0.358 e. The van der Waals surface area contributed by atoms with Crippen molar-refractivity contribution in [2.45, 2.75) is 39.3 Å². The molecule has 1 unspecified atom stereocenters. The van der Waals surface area contributed by atoms with Crippen molar-refractivity contribution in [2.75, 3.05) is 18.0 Å². The first-order chi connectivity index (χ1) is 12.4. The molecule has 26 heavy (non-hydrogen) atoms. The van der Waals surface area contributed by atoms with Gasteiger partial charge in [0.1, 0.15) is 0 Å². The highest BCUT2D eigenvalue weighted by Crippen LogP contribution is 2.18. The number of para-hydroxylation sites is 1. The molecule has 0 bridgehead atoms. The highest BCUT2D eigenvalue weighted by molar-refractivity contribution is 5.82. The van der Waals surface area contributed by atoms with E-state index in [0.717, 1.165) is 17.7 Å². The Hall–Kier alpha value is -2.40. The van der Waals surface area contributed by atoms with Crippen LogP contribution < -0.4 is 16.0 Å². The molecule has 0 radical (unpaired) electrons. The van der Waals surface area contributed by atoms with Gasteiger partial charge in [0.15, 0.2) is 0 Å². The minimum atomic E-state index is -0.387. The Morgan fingerprint density at radius 2 is 1.96 bits per heavy atom. The summed E-state index contributed by atoms with van der Waals surface area (Å²) < 4.78 is 0. The zero-order valence-electron chi connectivity index (χ0n) is 16.0. The molecule has 0 saturated heterocycles. The molecule has 0 aliphatic rings. The SMILES string of the molecule is CC(C)CC(C)(CN)NC(=O)CN(Cc1cccnc1)c1ccccc1. The molecule has 0 aliphatic carbocycles. The van der Waals surface area contributed by atoms with Crippen LogP contribution in [0.1, 0.15) is 32.8 Å². The fourth-order valence-electron chi connectivity index (χ4n) is 3.23. The Kier molecular flexibility index (Phi) is 7.16. The van der Waals surface area contributed by atoms with Crippen LogP contribution in [-0.4, -0.2) is 29.5 Å². The first kappa shape index (κ1) is 19.9. The Morgan fingerprint density at radius 3 is 2.54 bits per heavy atom. The largest absolute Gasteiger partial charge is 0.358 e. The van der Waals surface area contributed by atoms with E-state index < -0.39 is 0 Å². The zero-order chi connectivity index (χ0) is 19.0. The predicted molar refractivity (Wildman–Crippen MR) is 107 cm³/mol. The van der Waals surface area contributed by atoms with E-state index in [1.165, 1.54) is 0 Å². The number of rotatable bonds is 9. The van der Waals surface area contributed by atoms with Gasteiger partial charge in [0.05, 0.1) is 6.54 Å². The average Bonchev–Trinajstić information content (AvgIpc) is 2.62. The van der Waals surface area contributed by atoms with Gasteiger partial charge in [0.25, 0.3) is 0 Å².